The fourth-order valence-electron chi connectivity index (χ4n) is 8.20. The summed E-state index contributed by atoms with van der Waals surface area (Å²) in [6.07, 6.45) is 3.31. The number of aromatic nitrogens is 5. The average Bonchev–Trinajstić information content (AvgIpc) is 3.73. The smallest absolute Gasteiger partial charge is 0.443 e. The minimum atomic E-state index is -4.89. The predicted molar refractivity (Wildman–Crippen MR) is 192 cm³/mol. The number of nitrogens with zero attached hydrogens (tertiary/aromatic N) is 5. The van der Waals surface area contributed by atoms with Crippen LogP contribution in [-0.4, -0.2) is 71.2 Å². The summed E-state index contributed by atoms with van der Waals surface area (Å²) < 4.78 is 51.8. The van der Waals surface area contributed by atoms with Crippen LogP contribution in [0.25, 0.3) is 5.52 Å². The zero-order valence-corrected chi connectivity index (χ0v) is 31.6. The molecule has 2 bridgehead atoms. The number of carbonyl (C=O) groups is 2. The van der Waals surface area contributed by atoms with Crippen LogP contribution in [0.5, 0.6) is 5.75 Å². The van der Waals surface area contributed by atoms with Crippen LogP contribution >= 0.6 is 7.82 Å². The Morgan fingerprint density at radius 2 is 1.87 bits per heavy atom. The van der Waals surface area contributed by atoms with Gasteiger partial charge in [-0.1, -0.05) is 19.9 Å². The third-order valence-electron chi connectivity index (χ3n) is 10.6. The SMILES string of the molecule is COCc1cc2c(Nc3cc([C@H]4C[C@@H](F)[C@@H](OC(=O)NC56CC(C5)C6)C4)nn3COC(=O)CC(C)(C)c3c(C)cc(C)cc3OP(=O)(O)O)nccn2n1. The van der Waals surface area contributed by atoms with Crippen molar-refractivity contribution in [3.63, 3.8) is 0 Å². The molecule has 3 atom stereocenters. The number of aryl methyl sites for hydroxylation is 2. The first-order chi connectivity index (χ1) is 25.5. The van der Waals surface area contributed by atoms with Crippen molar-refractivity contribution in [2.24, 2.45) is 5.92 Å². The van der Waals surface area contributed by atoms with Gasteiger partial charge in [0, 0.05) is 48.0 Å². The number of alkyl carbamates (subject to hydrolysis) is 1. The predicted octanol–water partition coefficient (Wildman–Crippen LogP) is 5.64. The van der Waals surface area contributed by atoms with Crippen molar-refractivity contribution in [1.82, 2.24) is 29.7 Å². The number of fused-ring (bicyclic) bond motifs is 1. The maximum Gasteiger partial charge on any atom is 0.524 e. The molecule has 4 aliphatic carbocycles. The molecule has 0 aliphatic heterocycles. The van der Waals surface area contributed by atoms with E-state index in [0.29, 0.717) is 52.2 Å². The first-order valence-corrected chi connectivity index (χ1v) is 19.4. The number of alkyl halides is 1. The number of carbonyl (C=O) groups excluding carboxylic acids is 2. The molecular formula is C36H45FN7O9P. The minimum absolute atomic E-state index is 0.0149. The molecule has 16 nitrogen and oxygen atoms in total. The van der Waals surface area contributed by atoms with Gasteiger partial charge in [-0.05, 0) is 75.1 Å². The molecule has 1 amide bonds. The Balaban J connectivity index is 1.10. The van der Waals surface area contributed by atoms with Crippen LogP contribution in [-0.2, 0) is 42.3 Å². The van der Waals surface area contributed by atoms with E-state index in [0.717, 1.165) is 24.8 Å². The number of amides is 1. The molecule has 0 radical (unpaired) electrons. The number of hydrogen-bond donors (Lipinski definition) is 4. The van der Waals surface area contributed by atoms with E-state index in [2.05, 4.69) is 20.7 Å². The highest BCUT2D eigenvalue weighted by Crippen LogP contribution is 2.57. The number of phosphoric acid groups is 1. The van der Waals surface area contributed by atoms with Gasteiger partial charge in [0.15, 0.2) is 12.5 Å². The van der Waals surface area contributed by atoms with Gasteiger partial charge in [0.25, 0.3) is 0 Å². The zero-order valence-electron chi connectivity index (χ0n) is 30.7. The van der Waals surface area contributed by atoms with Gasteiger partial charge in [-0.25, -0.2) is 27.9 Å². The molecule has 4 saturated carbocycles. The summed E-state index contributed by atoms with van der Waals surface area (Å²) in [6, 6.07) is 6.92. The summed E-state index contributed by atoms with van der Waals surface area (Å²) in [5, 5.41) is 15.4. The van der Waals surface area contributed by atoms with Gasteiger partial charge in [0.05, 0.1) is 24.4 Å². The number of benzene rings is 1. The van der Waals surface area contributed by atoms with Crippen molar-refractivity contribution in [3.8, 4) is 5.75 Å². The minimum Gasteiger partial charge on any atom is -0.443 e. The molecule has 4 aliphatic rings. The van der Waals surface area contributed by atoms with E-state index in [-0.39, 0.29) is 37.3 Å². The second-order valence-corrected chi connectivity index (χ2v) is 16.7. The van der Waals surface area contributed by atoms with Crippen LogP contribution < -0.4 is 15.2 Å². The topological polar surface area (TPSA) is 201 Å². The van der Waals surface area contributed by atoms with Gasteiger partial charge in [-0.2, -0.15) is 10.2 Å². The third-order valence-corrected chi connectivity index (χ3v) is 11.0. The van der Waals surface area contributed by atoms with Gasteiger partial charge in [-0.15, -0.1) is 0 Å². The third kappa shape index (κ3) is 7.95. The molecular weight excluding hydrogens is 724 g/mol. The van der Waals surface area contributed by atoms with Gasteiger partial charge < -0.3 is 29.4 Å². The lowest BCUT2D eigenvalue weighted by Crippen LogP contribution is -2.68. The number of hydrogen-bond acceptors (Lipinski definition) is 11. The van der Waals surface area contributed by atoms with Crippen molar-refractivity contribution < 1.29 is 47.1 Å². The number of methoxy groups -OCH3 is 1. The quantitative estimate of drug-likeness (QED) is 0.0909. The lowest BCUT2D eigenvalue weighted by molar-refractivity contribution is -0.149. The van der Waals surface area contributed by atoms with E-state index in [1.807, 2.05) is 12.1 Å². The maximum absolute atomic E-state index is 15.3. The molecule has 0 saturated heterocycles. The largest absolute Gasteiger partial charge is 0.524 e. The van der Waals surface area contributed by atoms with E-state index < -0.39 is 43.5 Å². The summed E-state index contributed by atoms with van der Waals surface area (Å²) >= 11 is 0. The highest BCUT2D eigenvalue weighted by Gasteiger charge is 2.58. The molecule has 8 rings (SSSR count). The number of esters is 1. The normalized spacial score (nSPS) is 23.4. The first kappa shape index (κ1) is 37.7. The van der Waals surface area contributed by atoms with Crippen LogP contribution in [0.3, 0.4) is 0 Å². The van der Waals surface area contributed by atoms with Crippen LogP contribution in [0.2, 0.25) is 0 Å². The molecule has 3 aromatic heterocycles. The van der Waals surface area contributed by atoms with Crippen molar-refractivity contribution in [2.75, 3.05) is 12.4 Å². The summed E-state index contributed by atoms with van der Waals surface area (Å²) in [4.78, 5) is 49.7. The number of phosphoric ester groups is 1. The van der Waals surface area contributed by atoms with Gasteiger partial charge >= 0.3 is 19.9 Å². The molecule has 0 unspecified atom stereocenters. The van der Waals surface area contributed by atoms with E-state index in [1.165, 1.54) is 10.7 Å². The monoisotopic (exact) mass is 769 g/mol. The molecule has 4 fully saturated rings. The molecule has 3 heterocycles. The summed E-state index contributed by atoms with van der Waals surface area (Å²) in [5.41, 5.74) is 2.57. The lowest BCUT2D eigenvalue weighted by Gasteiger charge is -2.61. The van der Waals surface area contributed by atoms with E-state index in [4.69, 9.17) is 23.8 Å². The van der Waals surface area contributed by atoms with Crippen LogP contribution in [0, 0.1) is 19.8 Å². The maximum atomic E-state index is 15.3. The van der Waals surface area contributed by atoms with Crippen molar-refractivity contribution in [3.05, 3.63) is 64.7 Å². The van der Waals surface area contributed by atoms with Crippen LogP contribution in [0.1, 0.15) is 86.4 Å². The zero-order chi connectivity index (χ0) is 38.6. The van der Waals surface area contributed by atoms with Crippen molar-refractivity contribution >= 4 is 37.0 Å². The Labute approximate surface area is 311 Å². The fourth-order valence-corrected chi connectivity index (χ4v) is 8.60. The Hall–Kier alpha value is -4.57. The number of anilines is 2. The molecule has 4 aromatic rings. The number of ether oxygens (including phenoxy) is 3. The fraction of sp³-hybridized carbons (Fsp3) is 0.528. The molecule has 4 N–H and O–H groups in total. The lowest BCUT2D eigenvalue weighted by atomic mass is 9.50. The van der Waals surface area contributed by atoms with Crippen molar-refractivity contribution in [2.45, 2.75) is 109 Å². The number of halogens is 1. The standard InChI is InChI=1S/C36H45FN7O9P/c1-20-8-21(2)32(29(9-20)53-54(47,48)49)35(3,4)17-31(45)51-19-44-30(39-33-27-12-24(18-50-5)41-43(27)7-6-38-33)13-26(42-44)23-10-25(37)28(11-23)52-34(46)40-36-14-22(15-36)16-36/h6-9,12-13,22-23,25,28H,10-11,14-19H2,1-5H3,(H,38,39)(H,40,46)(H2,47,48,49)/t22?,23-,25+,28-,36?/m0/s1. The van der Waals surface area contributed by atoms with E-state index in [9.17, 15) is 23.9 Å². The molecule has 1 aromatic carbocycles. The van der Waals surface area contributed by atoms with E-state index >= 15 is 4.39 Å². The van der Waals surface area contributed by atoms with Gasteiger partial charge in [0.1, 0.15) is 29.4 Å². The van der Waals surface area contributed by atoms with E-state index in [1.54, 1.807) is 57.8 Å². The van der Waals surface area contributed by atoms with Gasteiger partial charge in [-0.3, -0.25) is 14.6 Å². The Kier molecular flexibility index (Phi) is 9.96. The summed E-state index contributed by atoms with van der Waals surface area (Å²) in [6.45, 7) is 7.03. The summed E-state index contributed by atoms with van der Waals surface area (Å²) in [5.74, 6) is 0.481. The number of nitrogens with one attached hydrogen (secondary N) is 2. The van der Waals surface area contributed by atoms with Crippen LogP contribution in [0.4, 0.5) is 20.8 Å². The highest BCUT2D eigenvalue weighted by atomic mass is 31.2. The average molecular weight is 770 g/mol. The Bertz CT molecular complexity index is 2110. The highest BCUT2D eigenvalue weighted by molar-refractivity contribution is 7.46. The molecule has 0 spiro atoms. The van der Waals surface area contributed by atoms with Crippen LogP contribution in [0.15, 0.2) is 36.7 Å². The Morgan fingerprint density at radius 3 is 2.56 bits per heavy atom. The Morgan fingerprint density at radius 1 is 1.11 bits per heavy atom. The second-order valence-electron chi connectivity index (χ2n) is 15.5. The molecule has 18 heteroatoms. The summed E-state index contributed by atoms with van der Waals surface area (Å²) in [7, 11) is -3.32. The number of rotatable bonds is 14. The second kappa shape index (κ2) is 14.3. The van der Waals surface area contributed by atoms with Gasteiger partial charge in [0.2, 0.25) is 0 Å². The molecule has 290 valence electrons. The van der Waals surface area contributed by atoms with Crippen molar-refractivity contribution in [1.29, 1.82) is 0 Å². The molecule has 54 heavy (non-hydrogen) atoms. The first-order valence-electron chi connectivity index (χ1n) is 17.8.